The Balaban J connectivity index is 1.53. The summed E-state index contributed by atoms with van der Waals surface area (Å²) in [5.74, 6) is 1.75. The van der Waals surface area contributed by atoms with Gasteiger partial charge >= 0.3 is 0 Å². The van der Waals surface area contributed by atoms with Crippen molar-refractivity contribution in [3.05, 3.63) is 58.2 Å². The van der Waals surface area contributed by atoms with Crippen LogP contribution in [0.5, 0.6) is 0 Å². The number of benzene rings is 1. The number of fused-ring (bicyclic) bond motifs is 1. The van der Waals surface area contributed by atoms with Crippen LogP contribution in [0.4, 0.5) is 11.6 Å². The summed E-state index contributed by atoms with van der Waals surface area (Å²) in [4.78, 5) is 14.7. The first-order valence-corrected chi connectivity index (χ1v) is 10.3. The minimum absolute atomic E-state index is 0.0773. The van der Waals surface area contributed by atoms with Gasteiger partial charge in [-0.3, -0.25) is 4.79 Å². The van der Waals surface area contributed by atoms with Gasteiger partial charge in [-0.2, -0.15) is 9.78 Å². The minimum atomic E-state index is -0.156. The van der Waals surface area contributed by atoms with Crippen LogP contribution in [0.15, 0.2) is 36.4 Å². The average Bonchev–Trinajstić information content (AvgIpc) is 3.10. The molecule has 1 atom stereocenters. The zero-order chi connectivity index (χ0) is 20.7. The second kappa shape index (κ2) is 7.70. The molecule has 3 aromatic rings. The summed E-state index contributed by atoms with van der Waals surface area (Å²) in [7, 11) is 0. The van der Waals surface area contributed by atoms with E-state index in [0.717, 1.165) is 35.7 Å². The highest BCUT2D eigenvalue weighted by molar-refractivity contribution is 6.31. The number of anilines is 2. The van der Waals surface area contributed by atoms with E-state index in [-0.39, 0.29) is 11.8 Å². The molecule has 154 valence electrons. The first-order valence-electron chi connectivity index (χ1n) is 9.92. The Hall–Kier alpha value is -2.97. The number of hydrogen-bond acceptors (Lipinski definition) is 6. The lowest BCUT2D eigenvalue weighted by Crippen LogP contribution is -2.36. The van der Waals surface area contributed by atoms with E-state index in [4.69, 9.17) is 16.3 Å². The van der Waals surface area contributed by atoms with Crippen molar-refractivity contribution in [2.45, 2.75) is 19.3 Å². The number of morpholine rings is 1. The topological polar surface area (TPSA) is 85.2 Å². The van der Waals surface area contributed by atoms with Crippen molar-refractivity contribution in [1.29, 1.82) is 0 Å². The fraction of sp³-hybridized carbons (Fsp3) is 0.333. The minimum Gasteiger partial charge on any atom is -0.378 e. The zero-order valence-electron chi connectivity index (χ0n) is 16.5. The summed E-state index contributed by atoms with van der Waals surface area (Å²) >= 11 is 6.44. The van der Waals surface area contributed by atoms with Crippen LogP contribution in [0, 0.1) is 6.92 Å². The van der Waals surface area contributed by atoms with Crippen LogP contribution < -0.4 is 10.2 Å². The lowest BCUT2D eigenvalue weighted by molar-refractivity contribution is -0.116. The molecule has 4 heterocycles. The maximum absolute atomic E-state index is 12.5. The van der Waals surface area contributed by atoms with Crippen LogP contribution in [0.2, 0.25) is 5.02 Å². The molecule has 9 heteroatoms. The lowest BCUT2D eigenvalue weighted by Gasteiger charge is -2.27. The number of nitrogens with zero attached hydrogens (tertiary/aromatic N) is 5. The third-order valence-corrected chi connectivity index (χ3v) is 5.92. The summed E-state index contributed by atoms with van der Waals surface area (Å²) in [6.45, 7) is 4.89. The lowest BCUT2D eigenvalue weighted by atomic mass is 9.86. The van der Waals surface area contributed by atoms with E-state index in [0.29, 0.717) is 36.3 Å². The van der Waals surface area contributed by atoms with Gasteiger partial charge in [-0.05, 0) is 30.7 Å². The Bertz CT molecular complexity index is 1090. The van der Waals surface area contributed by atoms with E-state index in [1.54, 1.807) is 4.68 Å². The summed E-state index contributed by atoms with van der Waals surface area (Å²) < 4.78 is 7.05. The molecule has 0 saturated carbocycles. The Morgan fingerprint density at radius 1 is 1.10 bits per heavy atom. The molecule has 0 radical (unpaired) electrons. The van der Waals surface area contributed by atoms with Gasteiger partial charge in [0, 0.05) is 36.0 Å². The predicted octanol–water partition coefficient (Wildman–Crippen LogP) is 2.93. The molecular formula is C21H21ClN6O2. The number of nitrogens with one attached hydrogen (secondary N) is 1. The fourth-order valence-corrected chi connectivity index (χ4v) is 4.40. The highest BCUT2D eigenvalue weighted by Crippen LogP contribution is 2.42. The number of aromatic nitrogens is 4. The van der Waals surface area contributed by atoms with Gasteiger partial charge in [0.05, 0.1) is 18.9 Å². The van der Waals surface area contributed by atoms with Crippen molar-refractivity contribution in [1.82, 2.24) is 20.0 Å². The van der Waals surface area contributed by atoms with Crippen molar-refractivity contribution in [2.75, 3.05) is 36.5 Å². The second-order valence-electron chi connectivity index (χ2n) is 7.44. The average molecular weight is 425 g/mol. The molecule has 1 saturated heterocycles. The van der Waals surface area contributed by atoms with Gasteiger partial charge in [-0.25, -0.2) is 0 Å². The number of rotatable bonds is 3. The van der Waals surface area contributed by atoms with Crippen LogP contribution in [0.25, 0.3) is 5.82 Å². The summed E-state index contributed by atoms with van der Waals surface area (Å²) in [5, 5.41) is 17.0. The monoisotopic (exact) mass is 424 g/mol. The second-order valence-corrected chi connectivity index (χ2v) is 7.84. The van der Waals surface area contributed by atoms with Crippen LogP contribution in [-0.4, -0.2) is 52.2 Å². The highest BCUT2D eigenvalue weighted by atomic mass is 35.5. The first kappa shape index (κ1) is 19.0. The largest absolute Gasteiger partial charge is 0.378 e. The maximum atomic E-state index is 12.5. The van der Waals surface area contributed by atoms with E-state index in [1.807, 2.05) is 43.3 Å². The van der Waals surface area contributed by atoms with Crippen molar-refractivity contribution in [3.63, 3.8) is 0 Å². The van der Waals surface area contributed by atoms with Crippen LogP contribution in [0.1, 0.15) is 29.2 Å². The Morgan fingerprint density at radius 2 is 1.83 bits per heavy atom. The molecule has 8 nitrogen and oxygen atoms in total. The molecule has 0 bridgehead atoms. The Morgan fingerprint density at radius 3 is 2.57 bits per heavy atom. The smallest absolute Gasteiger partial charge is 0.226 e. The molecule has 30 heavy (non-hydrogen) atoms. The number of halogens is 1. The SMILES string of the molecule is Cc1nn(-c2ccc(N3CCOCC3)nn2)c2c1[C@H](c1ccccc1Cl)CC(=O)N2. The Labute approximate surface area is 178 Å². The highest BCUT2D eigenvalue weighted by Gasteiger charge is 2.33. The molecule has 0 unspecified atom stereocenters. The zero-order valence-corrected chi connectivity index (χ0v) is 17.3. The third-order valence-electron chi connectivity index (χ3n) is 5.57. The molecule has 0 spiro atoms. The predicted molar refractivity (Wildman–Crippen MR) is 113 cm³/mol. The summed E-state index contributed by atoms with van der Waals surface area (Å²) in [5.41, 5.74) is 2.71. The van der Waals surface area contributed by atoms with Crippen LogP contribution >= 0.6 is 11.6 Å². The normalized spacial score (nSPS) is 18.8. The molecular weight excluding hydrogens is 404 g/mol. The molecule has 0 aliphatic carbocycles. The van der Waals surface area contributed by atoms with E-state index in [2.05, 4.69) is 25.5 Å². The molecule has 2 aliphatic rings. The van der Waals surface area contributed by atoms with Gasteiger partial charge in [-0.15, -0.1) is 10.2 Å². The van der Waals surface area contributed by atoms with E-state index < -0.39 is 0 Å². The molecule has 1 amide bonds. The molecule has 5 rings (SSSR count). The van der Waals surface area contributed by atoms with Crippen molar-refractivity contribution < 1.29 is 9.53 Å². The molecule has 1 N–H and O–H groups in total. The first-order chi connectivity index (χ1) is 14.6. The van der Waals surface area contributed by atoms with E-state index >= 15 is 0 Å². The molecule has 2 aromatic heterocycles. The number of aryl methyl sites for hydroxylation is 1. The quantitative estimate of drug-likeness (QED) is 0.695. The standard InChI is InChI=1S/C21H21ClN6O2/c1-13-20-15(14-4-2-3-5-16(14)22)12-19(29)23-21(20)28(26-13)18-7-6-17(24-25-18)27-8-10-30-11-9-27/h2-7,15H,8-12H2,1H3,(H,23,29)/t15-/m0/s1. The van der Waals surface area contributed by atoms with Crippen LogP contribution in [0.3, 0.4) is 0 Å². The third kappa shape index (κ3) is 3.32. The Kier molecular flexibility index (Phi) is 4.88. The van der Waals surface area contributed by atoms with Crippen molar-refractivity contribution >= 4 is 29.1 Å². The van der Waals surface area contributed by atoms with Crippen molar-refractivity contribution in [3.8, 4) is 5.82 Å². The number of carbonyl (C=O) groups excluding carboxylic acids is 1. The number of amides is 1. The summed E-state index contributed by atoms with van der Waals surface area (Å²) in [6.07, 6.45) is 0.324. The number of hydrogen-bond donors (Lipinski definition) is 1. The van der Waals surface area contributed by atoms with Gasteiger partial charge in [0.25, 0.3) is 0 Å². The van der Waals surface area contributed by atoms with Gasteiger partial charge in [0.1, 0.15) is 5.82 Å². The van der Waals surface area contributed by atoms with Gasteiger partial charge in [-0.1, -0.05) is 29.8 Å². The summed E-state index contributed by atoms with van der Waals surface area (Å²) in [6, 6.07) is 11.4. The van der Waals surface area contributed by atoms with Gasteiger partial charge in [0.15, 0.2) is 11.6 Å². The van der Waals surface area contributed by atoms with Gasteiger partial charge in [0.2, 0.25) is 5.91 Å². The van der Waals surface area contributed by atoms with E-state index in [9.17, 15) is 4.79 Å². The molecule has 1 aromatic carbocycles. The van der Waals surface area contributed by atoms with Crippen molar-refractivity contribution in [2.24, 2.45) is 0 Å². The van der Waals surface area contributed by atoms with Crippen LogP contribution in [-0.2, 0) is 9.53 Å². The number of carbonyl (C=O) groups is 1. The maximum Gasteiger partial charge on any atom is 0.226 e. The molecule has 1 fully saturated rings. The van der Waals surface area contributed by atoms with Gasteiger partial charge < -0.3 is 15.0 Å². The fourth-order valence-electron chi connectivity index (χ4n) is 4.13. The molecule has 2 aliphatic heterocycles. The van der Waals surface area contributed by atoms with E-state index in [1.165, 1.54) is 0 Å². The number of ether oxygens (including phenoxy) is 1.